The lowest BCUT2D eigenvalue weighted by Gasteiger charge is -2.40. The zero-order valence-corrected chi connectivity index (χ0v) is 24.9. The Morgan fingerprint density at radius 1 is 0.628 bits per heavy atom. The molecule has 7 rings (SSSR count). The Balaban J connectivity index is 1.49. The highest BCUT2D eigenvalue weighted by Gasteiger charge is 2.55. The van der Waals surface area contributed by atoms with E-state index in [9.17, 15) is 4.79 Å². The number of nitrogens with zero attached hydrogens (tertiary/aromatic N) is 2. The molecule has 0 bridgehead atoms. The van der Waals surface area contributed by atoms with E-state index in [1.165, 1.54) is 11.1 Å². The van der Waals surface area contributed by atoms with Crippen LogP contribution in [-0.2, 0) is 10.3 Å². The fourth-order valence-corrected chi connectivity index (χ4v) is 6.55. The number of hydrogen-bond acceptors (Lipinski definition) is 5. The van der Waals surface area contributed by atoms with E-state index >= 15 is 0 Å². The smallest absolute Gasteiger partial charge is 0.340 e. The van der Waals surface area contributed by atoms with Crippen LogP contribution in [0.2, 0.25) is 0 Å². The van der Waals surface area contributed by atoms with Crippen LogP contribution >= 0.6 is 0 Å². The molecule has 1 spiro atoms. The molecule has 0 fully saturated rings. The van der Waals surface area contributed by atoms with Gasteiger partial charge in [-0.3, -0.25) is 0 Å². The van der Waals surface area contributed by atoms with E-state index in [-0.39, 0.29) is 5.97 Å². The van der Waals surface area contributed by atoms with Crippen LogP contribution in [0, 0.1) is 13.8 Å². The van der Waals surface area contributed by atoms with E-state index < -0.39 is 5.60 Å². The van der Waals surface area contributed by atoms with E-state index in [1.807, 2.05) is 42.5 Å². The second-order valence-corrected chi connectivity index (χ2v) is 11.2. The van der Waals surface area contributed by atoms with Gasteiger partial charge in [-0.2, -0.15) is 0 Å². The van der Waals surface area contributed by atoms with Crippen LogP contribution in [0.5, 0.6) is 11.5 Å². The minimum absolute atomic E-state index is 0.334. The molecule has 0 aliphatic carbocycles. The van der Waals surface area contributed by atoms with Gasteiger partial charge in [0.1, 0.15) is 11.5 Å². The molecule has 1 unspecified atom stereocenters. The zero-order valence-electron chi connectivity index (χ0n) is 24.9. The third-order valence-electron chi connectivity index (χ3n) is 8.62. The Morgan fingerprint density at radius 3 is 1.93 bits per heavy atom. The Kier molecular flexibility index (Phi) is 6.46. The molecule has 2 heterocycles. The first kappa shape index (κ1) is 26.8. The number of carbonyl (C=O) groups is 1. The molecule has 5 aromatic carbocycles. The lowest BCUT2D eigenvalue weighted by atomic mass is 9.76. The first-order valence-electron chi connectivity index (χ1n) is 14.9. The zero-order chi connectivity index (χ0) is 29.7. The van der Waals surface area contributed by atoms with Crippen LogP contribution in [0.3, 0.4) is 0 Å². The van der Waals surface area contributed by atoms with Gasteiger partial charge in [0.2, 0.25) is 0 Å². The van der Waals surface area contributed by atoms with Crippen molar-refractivity contribution in [1.82, 2.24) is 0 Å². The van der Waals surface area contributed by atoms with Crippen molar-refractivity contribution < 1.29 is 14.3 Å². The molecule has 0 aromatic heterocycles. The van der Waals surface area contributed by atoms with Crippen LogP contribution < -0.4 is 14.5 Å². The number of aryl methyl sites for hydroxylation is 2. The van der Waals surface area contributed by atoms with Gasteiger partial charge in [-0.1, -0.05) is 59.7 Å². The lowest BCUT2D eigenvalue weighted by molar-refractivity contribution is 0.0226. The molecule has 5 nitrogen and oxygen atoms in total. The van der Waals surface area contributed by atoms with Gasteiger partial charge in [0.25, 0.3) is 0 Å². The maximum absolute atomic E-state index is 13.7. The summed E-state index contributed by atoms with van der Waals surface area (Å²) >= 11 is 0. The number of anilines is 4. The molecule has 0 amide bonds. The lowest BCUT2D eigenvalue weighted by Crippen LogP contribution is -2.35. The van der Waals surface area contributed by atoms with Crippen LogP contribution in [-0.4, -0.2) is 19.1 Å². The van der Waals surface area contributed by atoms with Gasteiger partial charge >= 0.3 is 5.97 Å². The number of fused-ring (bicyclic) bond motifs is 6. The SMILES string of the molecule is CCN(c1ccc(C)cc1)c1ccc2c(c1)C1(OC(=O)c3ccccc31)c1c(cccc1N(CC)c1ccc(C)cc1)O2. The summed E-state index contributed by atoms with van der Waals surface area (Å²) in [7, 11) is 0. The largest absolute Gasteiger partial charge is 0.456 e. The minimum atomic E-state index is -1.19. The van der Waals surface area contributed by atoms with Gasteiger partial charge in [-0.15, -0.1) is 0 Å². The number of esters is 1. The Morgan fingerprint density at radius 2 is 1.26 bits per heavy atom. The maximum atomic E-state index is 13.7. The molecule has 0 saturated heterocycles. The summed E-state index contributed by atoms with van der Waals surface area (Å²) in [5, 5.41) is 0. The summed E-state index contributed by atoms with van der Waals surface area (Å²) in [4.78, 5) is 18.2. The molecule has 43 heavy (non-hydrogen) atoms. The first-order valence-corrected chi connectivity index (χ1v) is 14.9. The van der Waals surface area contributed by atoms with Crippen molar-refractivity contribution in [3.8, 4) is 11.5 Å². The third kappa shape index (κ3) is 4.18. The molecular weight excluding hydrogens is 532 g/mol. The highest BCUT2D eigenvalue weighted by Crippen LogP contribution is 2.59. The molecule has 2 aliphatic heterocycles. The Labute approximate surface area is 252 Å². The molecule has 214 valence electrons. The summed E-state index contributed by atoms with van der Waals surface area (Å²) in [5.41, 5.74) is 8.37. The van der Waals surface area contributed by atoms with Crippen molar-refractivity contribution in [3.63, 3.8) is 0 Å². The monoisotopic (exact) mass is 566 g/mol. The molecule has 1 atom stereocenters. The molecule has 0 N–H and O–H groups in total. The average molecular weight is 567 g/mol. The van der Waals surface area contributed by atoms with Crippen LogP contribution in [0.25, 0.3) is 0 Å². The topological polar surface area (TPSA) is 42.0 Å². The Hall–Kier alpha value is -5.03. The van der Waals surface area contributed by atoms with E-state index in [1.54, 1.807) is 0 Å². The highest BCUT2D eigenvalue weighted by atomic mass is 16.6. The number of carbonyl (C=O) groups excluding carboxylic acids is 1. The quantitative estimate of drug-likeness (QED) is 0.192. The molecule has 0 saturated carbocycles. The summed E-state index contributed by atoms with van der Waals surface area (Å²) < 4.78 is 13.3. The van der Waals surface area contributed by atoms with Gasteiger partial charge < -0.3 is 19.3 Å². The summed E-state index contributed by atoms with van der Waals surface area (Å²) in [6.07, 6.45) is 0. The highest BCUT2D eigenvalue weighted by molar-refractivity contribution is 5.98. The van der Waals surface area contributed by atoms with Crippen molar-refractivity contribution in [2.75, 3.05) is 22.9 Å². The number of hydrogen-bond donors (Lipinski definition) is 0. The third-order valence-corrected chi connectivity index (χ3v) is 8.62. The Bertz CT molecular complexity index is 1850. The van der Waals surface area contributed by atoms with Crippen molar-refractivity contribution in [2.45, 2.75) is 33.3 Å². The molecular formula is C38H34N2O3. The fourth-order valence-electron chi connectivity index (χ4n) is 6.55. The van der Waals surface area contributed by atoms with Gasteiger partial charge in [-0.25, -0.2) is 4.79 Å². The van der Waals surface area contributed by atoms with E-state index in [0.29, 0.717) is 17.1 Å². The predicted molar refractivity (Wildman–Crippen MR) is 172 cm³/mol. The van der Waals surface area contributed by atoms with E-state index in [2.05, 4.69) is 104 Å². The first-order chi connectivity index (χ1) is 20.9. The van der Waals surface area contributed by atoms with Gasteiger partial charge in [-0.05, 0) is 88.4 Å². The second kappa shape index (κ2) is 10.4. The predicted octanol–water partition coefficient (Wildman–Crippen LogP) is 9.19. The number of rotatable bonds is 6. The molecule has 2 aliphatic rings. The van der Waals surface area contributed by atoms with Crippen molar-refractivity contribution in [1.29, 1.82) is 0 Å². The summed E-state index contributed by atoms with van der Waals surface area (Å²) in [5.74, 6) is 1.02. The normalized spacial score (nSPS) is 16.1. The fraction of sp³-hybridized carbons (Fsp3) is 0.184. The minimum Gasteiger partial charge on any atom is -0.456 e. The molecule has 0 radical (unpaired) electrons. The van der Waals surface area contributed by atoms with Gasteiger partial charge in [0, 0.05) is 41.3 Å². The molecule has 5 aromatic rings. The van der Waals surface area contributed by atoms with Crippen molar-refractivity contribution in [3.05, 3.63) is 143 Å². The van der Waals surface area contributed by atoms with E-state index in [4.69, 9.17) is 9.47 Å². The van der Waals surface area contributed by atoms with Crippen LogP contribution in [0.15, 0.2) is 109 Å². The number of benzene rings is 5. The van der Waals surface area contributed by atoms with Gasteiger partial charge in [0.05, 0.1) is 16.8 Å². The molecule has 5 heteroatoms. The average Bonchev–Trinajstić information content (AvgIpc) is 3.32. The summed E-state index contributed by atoms with van der Waals surface area (Å²) in [6, 6.07) is 37.1. The second-order valence-electron chi connectivity index (χ2n) is 11.2. The van der Waals surface area contributed by atoms with E-state index in [0.717, 1.165) is 52.5 Å². The summed E-state index contributed by atoms with van der Waals surface area (Å²) in [6.45, 7) is 9.95. The van der Waals surface area contributed by atoms with Crippen LogP contribution in [0.4, 0.5) is 22.7 Å². The van der Waals surface area contributed by atoms with Crippen molar-refractivity contribution >= 4 is 28.7 Å². The van der Waals surface area contributed by atoms with Crippen LogP contribution in [0.1, 0.15) is 52.0 Å². The number of ether oxygens (including phenoxy) is 2. The van der Waals surface area contributed by atoms with Gasteiger partial charge in [0.15, 0.2) is 5.60 Å². The van der Waals surface area contributed by atoms with Crippen molar-refractivity contribution in [2.24, 2.45) is 0 Å². The maximum Gasteiger partial charge on any atom is 0.340 e. The standard InChI is InChI=1S/C38H34N2O3/c1-5-39(27-18-14-25(3)15-19-27)29-22-23-34-32(24-29)38(31-11-8-7-10-30(31)37(41)43-38)36-33(12-9-13-35(36)42-34)40(6-2)28-20-16-26(4)17-21-28/h7-24H,5-6H2,1-4H3.